The maximum absolute atomic E-state index is 6.59. The molecule has 2 heteroatoms. The van der Waals surface area contributed by atoms with Gasteiger partial charge in [-0.2, -0.15) is 0 Å². The van der Waals surface area contributed by atoms with Gasteiger partial charge in [0.1, 0.15) is 5.75 Å². The Bertz CT molecular complexity index is 407. The van der Waals surface area contributed by atoms with E-state index in [1.54, 1.807) is 0 Å². The zero-order valence-electron chi connectivity index (χ0n) is 12.5. The van der Waals surface area contributed by atoms with Crippen molar-refractivity contribution < 1.29 is 4.74 Å². The van der Waals surface area contributed by atoms with Crippen molar-refractivity contribution in [3.63, 3.8) is 0 Å². The molecule has 0 aromatic heterocycles. The number of hydrogen-bond donors (Lipinski definition) is 1. The maximum Gasteiger partial charge on any atom is 0.120 e. The molecular formula is C17H27NO. The molecule has 0 heterocycles. The number of nitrogens with two attached hydrogens (primary N) is 1. The van der Waals surface area contributed by atoms with E-state index in [1.807, 2.05) is 6.07 Å². The molecular weight excluding hydrogens is 234 g/mol. The summed E-state index contributed by atoms with van der Waals surface area (Å²) in [7, 11) is 0. The summed E-state index contributed by atoms with van der Waals surface area (Å²) in [6.45, 7) is 6.38. The molecule has 0 saturated heterocycles. The van der Waals surface area contributed by atoms with E-state index < -0.39 is 0 Å². The number of benzene rings is 1. The van der Waals surface area contributed by atoms with Gasteiger partial charge >= 0.3 is 0 Å². The third-order valence-electron chi connectivity index (χ3n) is 4.55. The minimum absolute atomic E-state index is 0.135. The highest BCUT2D eigenvalue weighted by atomic mass is 16.5. The SMILES string of the molecule is CCC1(C(N)c2cccc(OC(C)C)c2)CCCC1. The van der Waals surface area contributed by atoms with E-state index in [1.165, 1.54) is 37.7 Å². The Morgan fingerprint density at radius 3 is 2.53 bits per heavy atom. The van der Waals surface area contributed by atoms with Crippen molar-refractivity contribution in [1.82, 2.24) is 0 Å². The Labute approximate surface area is 117 Å². The van der Waals surface area contributed by atoms with Crippen LogP contribution in [-0.4, -0.2) is 6.10 Å². The van der Waals surface area contributed by atoms with E-state index in [9.17, 15) is 0 Å². The molecule has 1 saturated carbocycles. The Morgan fingerprint density at radius 1 is 1.26 bits per heavy atom. The van der Waals surface area contributed by atoms with Crippen LogP contribution >= 0.6 is 0 Å². The van der Waals surface area contributed by atoms with E-state index in [0.717, 1.165) is 5.75 Å². The molecule has 0 bridgehead atoms. The molecule has 1 aromatic rings. The molecule has 1 aromatic carbocycles. The van der Waals surface area contributed by atoms with Crippen molar-refractivity contribution in [1.29, 1.82) is 0 Å². The third kappa shape index (κ3) is 3.11. The number of ether oxygens (including phenoxy) is 1. The lowest BCUT2D eigenvalue weighted by Gasteiger charge is -2.34. The minimum Gasteiger partial charge on any atom is -0.491 e. The molecule has 1 aliphatic carbocycles. The maximum atomic E-state index is 6.59. The topological polar surface area (TPSA) is 35.2 Å². The van der Waals surface area contributed by atoms with Crippen molar-refractivity contribution in [2.24, 2.45) is 11.1 Å². The molecule has 0 aliphatic heterocycles. The molecule has 0 spiro atoms. The van der Waals surface area contributed by atoms with Crippen molar-refractivity contribution in [3.05, 3.63) is 29.8 Å². The Morgan fingerprint density at radius 2 is 1.95 bits per heavy atom. The highest BCUT2D eigenvalue weighted by molar-refractivity contribution is 5.32. The standard InChI is InChI=1S/C17H27NO/c1-4-17(10-5-6-11-17)16(18)14-8-7-9-15(12-14)19-13(2)3/h7-9,12-13,16H,4-6,10-11,18H2,1-3H3. The van der Waals surface area contributed by atoms with Crippen molar-refractivity contribution >= 4 is 0 Å². The third-order valence-corrected chi connectivity index (χ3v) is 4.55. The van der Waals surface area contributed by atoms with Gasteiger partial charge < -0.3 is 10.5 Å². The van der Waals surface area contributed by atoms with Crippen molar-refractivity contribution in [2.75, 3.05) is 0 Å². The van der Waals surface area contributed by atoms with Gasteiger partial charge in [0.2, 0.25) is 0 Å². The molecule has 2 N–H and O–H groups in total. The van der Waals surface area contributed by atoms with E-state index in [0.29, 0.717) is 5.41 Å². The van der Waals surface area contributed by atoms with Crippen molar-refractivity contribution in [3.8, 4) is 5.75 Å². The fourth-order valence-electron chi connectivity index (χ4n) is 3.37. The molecule has 1 fully saturated rings. The average Bonchev–Trinajstić information content (AvgIpc) is 2.87. The monoisotopic (exact) mass is 261 g/mol. The van der Waals surface area contributed by atoms with Gasteiger partial charge in [0.05, 0.1) is 6.10 Å². The highest BCUT2D eigenvalue weighted by Gasteiger charge is 2.38. The lowest BCUT2D eigenvalue weighted by atomic mass is 9.74. The van der Waals surface area contributed by atoms with Gasteiger partial charge in [0.15, 0.2) is 0 Å². The zero-order chi connectivity index (χ0) is 13.9. The summed E-state index contributed by atoms with van der Waals surface area (Å²) in [5.41, 5.74) is 8.12. The van der Waals surface area contributed by atoms with Crippen LogP contribution in [-0.2, 0) is 0 Å². The lowest BCUT2D eigenvalue weighted by molar-refractivity contribution is 0.219. The van der Waals surface area contributed by atoms with Gasteiger partial charge in [-0.25, -0.2) is 0 Å². The lowest BCUT2D eigenvalue weighted by Crippen LogP contribution is -2.31. The van der Waals surface area contributed by atoms with Gasteiger partial charge in [-0.3, -0.25) is 0 Å². The van der Waals surface area contributed by atoms with Crippen LogP contribution in [0.1, 0.15) is 64.5 Å². The van der Waals surface area contributed by atoms with Crippen LogP contribution < -0.4 is 10.5 Å². The molecule has 1 unspecified atom stereocenters. The van der Waals surface area contributed by atoms with Gasteiger partial charge in [-0.15, -0.1) is 0 Å². The summed E-state index contributed by atoms with van der Waals surface area (Å²) < 4.78 is 5.78. The number of rotatable bonds is 5. The highest BCUT2D eigenvalue weighted by Crippen LogP contribution is 2.49. The summed E-state index contributed by atoms with van der Waals surface area (Å²) in [5, 5.41) is 0. The largest absolute Gasteiger partial charge is 0.491 e. The summed E-state index contributed by atoms with van der Waals surface area (Å²) in [4.78, 5) is 0. The van der Waals surface area contributed by atoms with Crippen LogP contribution in [0.5, 0.6) is 5.75 Å². The Balaban J connectivity index is 2.20. The van der Waals surface area contributed by atoms with Crippen LogP contribution in [0.2, 0.25) is 0 Å². The zero-order valence-corrected chi connectivity index (χ0v) is 12.5. The smallest absolute Gasteiger partial charge is 0.120 e. The van der Waals surface area contributed by atoms with Crippen molar-refractivity contribution in [2.45, 2.75) is 65.0 Å². The molecule has 1 atom stereocenters. The first-order chi connectivity index (χ1) is 9.07. The predicted molar refractivity (Wildman–Crippen MR) is 80.3 cm³/mol. The summed E-state index contributed by atoms with van der Waals surface area (Å²) in [5.74, 6) is 0.937. The molecule has 2 rings (SSSR count). The Kier molecular flexibility index (Phi) is 4.51. The van der Waals surface area contributed by atoms with Crippen LogP contribution in [0.3, 0.4) is 0 Å². The van der Waals surface area contributed by atoms with Crippen LogP contribution in [0.4, 0.5) is 0 Å². The van der Waals surface area contributed by atoms with Gasteiger partial charge in [0, 0.05) is 6.04 Å². The minimum atomic E-state index is 0.135. The predicted octanol–water partition coefficient (Wildman–Crippen LogP) is 4.44. The fourth-order valence-corrected chi connectivity index (χ4v) is 3.37. The van der Waals surface area contributed by atoms with Crippen LogP contribution in [0.25, 0.3) is 0 Å². The average molecular weight is 261 g/mol. The summed E-state index contributed by atoms with van der Waals surface area (Å²) in [6.07, 6.45) is 6.55. The summed E-state index contributed by atoms with van der Waals surface area (Å²) >= 11 is 0. The normalized spacial score (nSPS) is 19.6. The molecule has 106 valence electrons. The first kappa shape index (κ1) is 14.4. The first-order valence-corrected chi connectivity index (χ1v) is 7.59. The molecule has 1 aliphatic rings. The second kappa shape index (κ2) is 5.96. The molecule has 0 radical (unpaired) electrons. The van der Waals surface area contributed by atoms with E-state index in [4.69, 9.17) is 10.5 Å². The summed E-state index contributed by atoms with van der Waals surface area (Å²) in [6, 6.07) is 8.48. The second-order valence-electron chi connectivity index (χ2n) is 6.14. The van der Waals surface area contributed by atoms with Gasteiger partial charge in [0.25, 0.3) is 0 Å². The molecule has 0 amide bonds. The molecule has 2 nitrogen and oxygen atoms in total. The van der Waals surface area contributed by atoms with Crippen LogP contribution in [0.15, 0.2) is 24.3 Å². The first-order valence-electron chi connectivity index (χ1n) is 7.59. The Hall–Kier alpha value is -1.02. The van der Waals surface area contributed by atoms with Gasteiger partial charge in [-0.1, -0.05) is 31.9 Å². The molecule has 19 heavy (non-hydrogen) atoms. The van der Waals surface area contributed by atoms with Gasteiger partial charge in [-0.05, 0) is 56.2 Å². The van der Waals surface area contributed by atoms with E-state index in [-0.39, 0.29) is 12.1 Å². The fraction of sp³-hybridized carbons (Fsp3) is 0.647. The second-order valence-corrected chi connectivity index (χ2v) is 6.14. The number of hydrogen-bond acceptors (Lipinski definition) is 2. The quantitative estimate of drug-likeness (QED) is 0.850. The van der Waals surface area contributed by atoms with E-state index in [2.05, 4.69) is 39.0 Å². The van der Waals surface area contributed by atoms with E-state index >= 15 is 0 Å². The van der Waals surface area contributed by atoms with Crippen LogP contribution in [0, 0.1) is 5.41 Å².